The highest BCUT2D eigenvalue weighted by Crippen LogP contribution is 2.59. The Hall–Kier alpha value is -3.35. The first-order valence-corrected chi connectivity index (χ1v) is 13.4. The van der Waals surface area contributed by atoms with Crippen molar-refractivity contribution in [3.05, 3.63) is 92.9 Å². The molecule has 0 saturated heterocycles. The minimum absolute atomic E-state index is 0.0152. The Balaban J connectivity index is 1.22. The van der Waals surface area contributed by atoms with Gasteiger partial charge < -0.3 is 9.26 Å². The molecule has 2 heterocycles. The topological polar surface area (TPSA) is 55.6 Å². The number of hydrogen-bond donors (Lipinski definition) is 0. The fourth-order valence-corrected chi connectivity index (χ4v) is 5.99. The highest BCUT2D eigenvalue weighted by atomic mass is 35.5. The van der Waals surface area contributed by atoms with Crippen molar-refractivity contribution >= 4 is 40.5 Å². The predicted molar refractivity (Wildman–Crippen MR) is 144 cm³/mol. The summed E-state index contributed by atoms with van der Waals surface area (Å²) in [7, 11) is 0. The molecule has 8 heteroatoms. The van der Waals surface area contributed by atoms with Crippen LogP contribution in [0.3, 0.4) is 0 Å². The normalized spacial score (nSPS) is 17.3. The molecule has 38 heavy (non-hydrogen) atoms. The molecule has 192 valence electrons. The van der Waals surface area contributed by atoms with Crippen molar-refractivity contribution in [3.63, 3.8) is 0 Å². The zero-order valence-electron chi connectivity index (χ0n) is 20.6. The van der Waals surface area contributed by atoms with Gasteiger partial charge in [0.1, 0.15) is 29.6 Å². The van der Waals surface area contributed by atoms with Crippen molar-refractivity contribution in [2.24, 2.45) is 0 Å². The van der Waals surface area contributed by atoms with Gasteiger partial charge in [-0.3, -0.25) is 9.69 Å². The smallest absolute Gasteiger partial charge is 0.242 e. The number of anilines is 2. The summed E-state index contributed by atoms with van der Waals surface area (Å²) in [6.45, 7) is 1.93. The lowest BCUT2D eigenvalue weighted by Gasteiger charge is -2.19. The quantitative estimate of drug-likeness (QED) is 0.243. The van der Waals surface area contributed by atoms with Crippen LogP contribution in [0.5, 0.6) is 5.75 Å². The lowest BCUT2D eigenvalue weighted by molar-refractivity contribution is -0.119. The van der Waals surface area contributed by atoms with Crippen molar-refractivity contribution in [3.8, 4) is 17.0 Å². The second-order valence-electron chi connectivity index (χ2n) is 10.4. The van der Waals surface area contributed by atoms with Crippen LogP contribution >= 0.6 is 23.2 Å². The van der Waals surface area contributed by atoms with Gasteiger partial charge >= 0.3 is 0 Å². The molecule has 1 aromatic heterocycles. The van der Waals surface area contributed by atoms with E-state index in [1.165, 1.54) is 6.07 Å². The van der Waals surface area contributed by atoms with Crippen molar-refractivity contribution in [2.45, 2.75) is 50.5 Å². The monoisotopic (exact) mass is 548 g/mol. The van der Waals surface area contributed by atoms with Crippen molar-refractivity contribution in [2.75, 3.05) is 4.90 Å². The molecule has 2 aliphatic carbocycles. The van der Waals surface area contributed by atoms with E-state index in [9.17, 15) is 9.18 Å². The van der Waals surface area contributed by atoms with Crippen LogP contribution in [0.1, 0.15) is 54.1 Å². The second kappa shape index (κ2) is 8.58. The third-order valence-corrected chi connectivity index (χ3v) is 8.48. The SMILES string of the molecule is Cc1ccc(N2C(=O)C3(CC3)c3cc(OCc4c(-c5c(Cl)cccc5Cl)noc4C4CC4)ccc32)cc1F. The molecule has 1 aliphatic heterocycles. The van der Waals surface area contributed by atoms with E-state index in [1.54, 1.807) is 42.2 Å². The van der Waals surface area contributed by atoms with Gasteiger partial charge in [-0.1, -0.05) is 40.5 Å². The summed E-state index contributed by atoms with van der Waals surface area (Å²) >= 11 is 13.0. The summed E-state index contributed by atoms with van der Waals surface area (Å²) in [5.74, 6) is 1.41. The third kappa shape index (κ3) is 3.65. The van der Waals surface area contributed by atoms with Crippen LogP contribution < -0.4 is 9.64 Å². The van der Waals surface area contributed by atoms with E-state index in [0.29, 0.717) is 44.2 Å². The summed E-state index contributed by atoms with van der Waals surface area (Å²) in [4.78, 5) is 15.1. The van der Waals surface area contributed by atoms with Crippen LogP contribution in [-0.2, 0) is 16.8 Å². The molecule has 7 rings (SSSR count). The summed E-state index contributed by atoms with van der Waals surface area (Å²) in [6.07, 6.45) is 3.60. The summed E-state index contributed by atoms with van der Waals surface area (Å²) in [5.41, 5.74) is 4.25. The van der Waals surface area contributed by atoms with Gasteiger partial charge in [0.25, 0.3) is 0 Å². The molecule has 5 nitrogen and oxygen atoms in total. The Morgan fingerprint density at radius 3 is 2.55 bits per heavy atom. The molecule has 3 aromatic carbocycles. The Kier molecular flexibility index (Phi) is 5.36. The fourth-order valence-electron chi connectivity index (χ4n) is 5.41. The van der Waals surface area contributed by atoms with Gasteiger partial charge in [-0.2, -0.15) is 0 Å². The Morgan fingerprint density at radius 2 is 1.87 bits per heavy atom. The molecular formula is C30H23Cl2FN2O3. The number of rotatable bonds is 6. The van der Waals surface area contributed by atoms with Crippen LogP contribution in [0, 0.1) is 12.7 Å². The molecule has 0 radical (unpaired) electrons. The number of halogens is 3. The van der Waals surface area contributed by atoms with Gasteiger partial charge in [-0.25, -0.2) is 4.39 Å². The molecule has 2 saturated carbocycles. The fraction of sp³-hybridized carbons (Fsp3) is 0.267. The minimum Gasteiger partial charge on any atom is -0.489 e. The number of aromatic nitrogens is 1. The maximum atomic E-state index is 14.4. The van der Waals surface area contributed by atoms with E-state index in [0.717, 1.165) is 48.3 Å². The Morgan fingerprint density at radius 1 is 1.11 bits per heavy atom. The number of carbonyl (C=O) groups is 1. The number of hydrogen-bond acceptors (Lipinski definition) is 4. The molecule has 1 amide bonds. The number of nitrogens with zero attached hydrogens (tertiary/aromatic N) is 2. The molecule has 0 unspecified atom stereocenters. The van der Waals surface area contributed by atoms with E-state index in [2.05, 4.69) is 5.16 Å². The minimum atomic E-state index is -0.567. The van der Waals surface area contributed by atoms with Crippen LogP contribution in [-0.4, -0.2) is 11.1 Å². The van der Waals surface area contributed by atoms with Crippen LogP contribution in [0.25, 0.3) is 11.3 Å². The molecule has 3 aliphatic rings. The van der Waals surface area contributed by atoms with Gasteiger partial charge in [0.05, 0.1) is 32.4 Å². The van der Waals surface area contributed by atoms with Crippen LogP contribution in [0.4, 0.5) is 15.8 Å². The van der Waals surface area contributed by atoms with Gasteiger partial charge in [0, 0.05) is 11.5 Å². The largest absolute Gasteiger partial charge is 0.489 e. The molecule has 2 fully saturated rings. The number of fused-ring (bicyclic) bond motifs is 2. The van der Waals surface area contributed by atoms with Gasteiger partial charge in [-0.15, -0.1) is 0 Å². The highest BCUT2D eigenvalue weighted by molar-refractivity contribution is 6.39. The Labute approximate surface area is 229 Å². The van der Waals surface area contributed by atoms with Crippen LogP contribution in [0.2, 0.25) is 10.0 Å². The standard InChI is InChI=1S/C30H23Cl2FN2O3/c1-16-5-8-18(13-24(16)33)35-25-10-9-19(14-21(25)30(11-12-30)29(35)36)37-15-20-27(34-38-28(20)17-6-7-17)26-22(31)3-2-4-23(26)32/h2-5,8-10,13-14,17H,6-7,11-12,15H2,1H3. The molecule has 0 N–H and O–H groups in total. The average Bonchev–Trinajstić information content (AvgIpc) is 3.83. The van der Waals surface area contributed by atoms with E-state index in [-0.39, 0.29) is 18.3 Å². The number of benzene rings is 3. The van der Waals surface area contributed by atoms with Gasteiger partial charge in [0.15, 0.2) is 0 Å². The number of ether oxygens (including phenoxy) is 1. The Bertz CT molecular complexity index is 1600. The molecule has 0 atom stereocenters. The van der Waals surface area contributed by atoms with E-state index in [1.807, 2.05) is 18.2 Å². The number of carbonyl (C=O) groups excluding carboxylic acids is 1. The predicted octanol–water partition coefficient (Wildman–Crippen LogP) is 8.26. The lowest BCUT2D eigenvalue weighted by atomic mass is 9.98. The van der Waals surface area contributed by atoms with E-state index in [4.69, 9.17) is 32.5 Å². The molecule has 1 spiro atoms. The lowest BCUT2D eigenvalue weighted by Crippen LogP contribution is -2.27. The molecule has 0 bridgehead atoms. The first-order chi connectivity index (χ1) is 18.4. The molecular weight excluding hydrogens is 526 g/mol. The zero-order chi connectivity index (χ0) is 26.2. The van der Waals surface area contributed by atoms with Crippen molar-refractivity contribution in [1.82, 2.24) is 5.16 Å². The first kappa shape index (κ1) is 23.7. The van der Waals surface area contributed by atoms with E-state index < -0.39 is 5.41 Å². The van der Waals surface area contributed by atoms with Crippen molar-refractivity contribution in [1.29, 1.82) is 0 Å². The first-order valence-electron chi connectivity index (χ1n) is 12.7. The number of amides is 1. The van der Waals surface area contributed by atoms with Crippen molar-refractivity contribution < 1.29 is 18.4 Å². The highest BCUT2D eigenvalue weighted by Gasteiger charge is 2.59. The maximum Gasteiger partial charge on any atom is 0.242 e. The maximum absolute atomic E-state index is 14.4. The number of aryl methyl sites for hydroxylation is 1. The molecule has 4 aromatic rings. The summed E-state index contributed by atoms with van der Waals surface area (Å²) < 4.78 is 26.4. The summed E-state index contributed by atoms with van der Waals surface area (Å²) in [5, 5.41) is 5.32. The zero-order valence-corrected chi connectivity index (χ0v) is 22.1. The van der Waals surface area contributed by atoms with Crippen LogP contribution in [0.15, 0.2) is 59.1 Å². The second-order valence-corrected chi connectivity index (χ2v) is 11.2. The summed E-state index contributed by atoms with van der Waals surface area (Å²) in [6, 6.07) is 15.9. The van der Waals surface area contributed by atoms with Gasteiger partial charge in [0.2, 0.25) is 5.91 Å². The third-order valence-electron chi connectivity index (χ3n) is 7.85. The van der Waals surface area contributed by atoms with E-state index >= 15 is 0 Å². The van der Waals surface area contributed by atoms with Gasteiger partial charge in [-0.05, 0) is 86.2 Å². The average molecular weight is 549 g/mol.